The number of carbonyl (C=O) groups excluding carboxylic acids is 2. The SMILES string of the molecule is O=C(Cc1cc(C(F)(F)F)cc(C(F)(F)F)c1)N[C@@H]1CCOC1=O. The average molecular weight is 355 g/mol. The number of carbonyl (C=O) groups is 2. The van der Waals surface area contributed by atoms with Gasteiger partial charge in [-0.2, -0.15) is 26.3 Å². The Labute approximate surface area is 131 Å². The fourth-order valence-corrected chi connectivity index (χ4v) is 2.18. The van der Waals surface area contributed by atoms with Crippen molar-refractivity contribution in [3.63, 3.8) is 0 Å². The lowest BCUT2D eigenvalue weighted by Crippen LogP contribution is -2.38. The summed E-state index contributed by atoms with van der Waals surface area (Å²) < 4.78 is 80.9. The van der Waals surface area contributed by atoms with E-state index in [2.05, 4.69) is 10.1 Å². The van der Waals surface area contributed by atoms with Gasteiger partial charge in [-0.3, -0.25) is 4.79 Å². The average Bonchev–Trinajstić information content (AvgIpc) is 2.81. The van der Waals surface area contributed by atoms with Gasteiger partial charge < -0.3 is 10.1 Å². The fourth-order valence-electron chi connectivity index (χ4n) is 2.18. The standard InChI is InChI=1S/C14H11F6NO3/c15-13(16,17)8-3-7(4-9(6-8)14(18,19)20)5-11(22)21-10-1-2-24-12(10)23/h3-4,6,10H,1-2,5H2,(H,21,22)/t10-/m1/s1. The third-order valence-corrected chi connectivity index (χ3v) is 3.28. The summed E-state index contributed by atoms with van der Waals surface area (Å²) in [6.07, 6.45) is -10.5. The lowest BCUT2D eigenvalue weighted by molar-refractivity contribution is -0.143. The third-order valence-electron chi connectivity index (χ3n) is 3.28. The van der Waals surface area contributed by atoms with Gasteiger partial charge in [-0.15, -0.1) is 0 Å². The number of esters is 1. The molecule has 1 atom stereocenters. The molecule has 10 heteroatoms. The van der Waals surface area contributed by atoms with Crippen LogP contribution in [0.3, 0.4) is 0 Å². The number of cyclic esters (lactones) is 1. The summed E-state index contributed by atoms with van der Waals surface area (Å²) in [5, 5.41) is 2.22. The Morgan fingerprint density at radius 2 is 1.62 bits per heavy atom. The van der Waals surface area contributed by atoms with Crippen LogP contribution >= 0.6 is 0 Å². The highest BCUT2D eigenvalue weighted by molar-refractivity contribution is 5.86. The molecule has 1 amide bonds. The molecule has 2 rings (SSSR count). The van der Waals surface area contributed by atoms with E-state index in [1.165, 1.54) is 0 Å². The number of hydrogen-bond donors (Lipinski definition) is 1. The summed E-state index contributed by atoms with van der Waals surface area (Å²) in [5.74, 6) is -1.56. The first-order valence-corrected chi connectivity index (χ1v) is 6.71. The van der Waals surface area contributed by atoms with Gasteiger partial charge in [0.05, 0.1) is 24.2 Å². The molecule has 1 saturated heterocycles. The van der Waals surface area contributed by atoms with Crippen molar-refractivity contribution in [1.82, 2.24) is 5.32 Å². The van der Waals surface area contributed by atoms with Crippen LogP contribution in [0, 0.1) is 0 Å². The van der Waals surface area contributed by atoms with Gasteiger partial charge in [0.2, 0.25) is 5.91 Å². The molecule has 1 heterocycles. The van der Waals surface area contributed by atoms with Gasteiger partial charge in [-0.1, -0.05) is 0 Å². The Morgan fingerprint density at radius 3 is 2.04 bits per heavy atom. The first-order chi connectivity index (χ1) is 11.0. The van der Waals surface area contributed by atoms with Crippen molar-refractivity contribution in [3.8, 4) is 0 Å². The quantitative estimate of drug-likeness (QED) is 0.670. The van der Waals surface area contributed by atoms with E-state index in [4.69, 9.17) is 0 Å². The Morgan fingerprint density at radius 1 is 1.08 bits per heavy atom. The first kappa shape index (κ1) is 18.1. The Bertz CT molecular complexity index is 621. The highest BCUT2D eigenvalue weighted by Crippen LogP contribution is 2.36. The second-order valence-corrected chi connectivity index (χ2v) is 5.17. The molecule has 0 radical (unpaired) electrons. The minimum absolute atomic E-state index is 0.0181. The van der Waals surface area contributed by atoms with Crippen molar-refractivity contribution in [2.75, 3.05) is 6.61 Å². The van der Waals surface area contributed by atoms with Gasteiger partial charge >= 0.3 is 18.3 Å². The van der Waals surface area contributed by atoms with Crippen LogP contribution in [0.5, 0.6) is 0 Å². The van der Waals surface area contributed by atoms with Gasteiger partial charge in [-0.05, 0) is 23.8 Å². The number of amides is 1. The van der Waals surface area contributed by atoms with Crippen molar-refractivity contribution in [3.05, 3.63) is 34.9 Å². The molecule has 0 bridgehead atoms. The Balaban J connectivity index is 2.22. The van der Waals surface area contributed by atoms with Crippen molar-refractivity contribution in [2.24, 2.45) is 0 Å². The smallest absolute Gasteiger partial charge is 0.416 e. The summed E-state index contributed by atoms with van der Waals surface area (Å²) >= 11 is 0. The van der Waals surface area contributed by atoms with Crippen molar-refractivity contribution >= 4 is 11.9 Å². The van der Waals surface area contributed by atoms with Gasteiger partial charge in [0.1, 0.15) is 6.04 Å². The molecular weight excluding hydrogens is 344 g/mol. The molecule has 24 heavy (non-hydrogen) atoms. The van der Waals surface area contributed by atoms with E-state index < -0.39 is 53.4 Å². The maximum atomic E-state index is 12.7. The van der Waals surface area contributed by atoms with Crippen molar-refractivity contribution in [1.29, 1.82) is 0 Å². The molecule has 0 saturated carbocycles. The minimum atomic E-state index is -4.98. The number of alkyl halides is 6. The molecule has 1 aromatic carbocycles. The van der Waals surface area contributed by atoms with Crippen LogP contribution in [0.15, 0.2) is 18.2 Å². The van der Waals surface area contributed by atoms with E-state index in [1.54, 1.807) is 0 Å². The topological polar surface area (TPSA) is 55.4 Å². The Hall–Kier alpha value is -2.26. The summed E-state index contributed by atoms with van der Waals surface area (Å²) in [4.78, 5) is 23.0. The summed E-state index contributed by atoms with van der Waals surface area (Å²) in [6.45, 7) is 0.0888. The highest BCUT2D eigenvalue weighted by Gasteiger charge is 2.37. The zero-order valence-corrected chi connectivity index (χ0v) is 11.9. The second-order valence-electron chi connectivity index (χ2n) is 5.17. The highest BCUT2D eigenvalue weighted by atomic mass is 19.4. The molecule has 1 aliphatic heterocycles. The summed E-state index contributed by atoms with van der Waals surface area (Å²) in [6, 6.07) is -0.00958. The van der Waals surface area contributed by atoms with Gasteiger partial charge in [0.25, 0.3) is 0 Å². The minimum Gasteiger partial charge on any atom is -0.464 e. The van der Waals surface area contributed by atoms with Crippen molar-refractivity contribution in [2.45, 2.75) is 31.2 Å². The zero-order chi connectivity index (χ0) is 18.1. The molecule has 4 nitrogen and oxygen atoms in total. The normalized spacial score (nSPS) is 18.4. The van der Waals surface area contributed by atoms with Crippen LogP contribution in [-0.4, -0.2) is 24.5 Å². The van der Waals surface area contributed by atoms with E-state index in [9.17, 15) is 35.9 Å². The summed E-state index contributed by atoms with van der Waals surface area (Å²) in [5.41, 5.74) is -3.46. The molecule has 0 aliphatic carbocycles. The maximum absolute atomic E-state index is 12.7. The van der Waals surface area contributed by atoms with Crippen LogP contribution in [0.4, 0.5) is 26.3 Å². The fraction of sp³-hybridized carbons (Fsp3) is 0.429. The van der Waals surface area contributed by atoms with Gasteiger partial charge in [0, 0.05) is 6.42 Å². The monoisotopic (exact) mass is 355 g/mol. The van der Waals surface area contributed by atoms with E-state index in [1.807, 2.05) is 0 Å². The molecule has 0 spiro atoms. The number of nitrogens with one attached hydrogen (secondary N) is 1. The predicted molar refractivity (Wildman–Crippen MR) is 67.7 cm³/mol. The second kappa shape index (κ2) is 6.33. The molecular formula is C14H11F6NO3. The molecule has 1 fully saturated rings. The van der Waals surface area contributed by atoms with E-state index >= 15 is 0 Å². The van der Waals surface area contributed by atoms with Crippen LogP contribution in [0.25, 0.3) is 0 Å². The lowest BCUT2D eigenvalue weighted by atomic mass is 10.0. The van der Waals surface area contributed by atoms with Crippen LogP contribution < -0.4 is 5.32 Å². The number of halogens is 6. The van der Waals surface area contributed by atoms with Crippen LogP contribution in [0.1, 0.15) is 23.1 Å². The van der Waals surface area contributed by atoms with Crippen LogP contribution in [0.2, 0.25) is 0 Å². The van der Waals surface area contributed by atoms with E-state index in [0.717, 1.165) is 0 Å². The van der Waals surface area contributed by atoms with Gasteiger partial charge in [-0.25, -0.2) is 4.79 Å². The lowest BCUT2D eigenvalue weighted by Gasteiger charge is -2.14. The number of rotatable bonds is 3. The van der Waals surface area contributed by atoms with Crippen LogP contribution in [-0.2, 0) is 33.1 Å². The molecule has 1 aliphatic rings. The molecule has 1 aromatic rings. The van der Waals surface area contributed by atoms with E-state index in [-0.39, 0.29) is 19.1 Å². The van der Waals surface area contributed by atoms with E-state index in [0.29, 0.717) is 12.1 Å². The van der Waals surface area contributed by atoms with Crippen molar-refractivity contribution < 1.29 is 40.7 Å². The molecule has 1 N–H and O–H groups in total. The largest absolute Gasteiger partial charge is 0.464 e. The molecule has 0 aromatic heterocycles. The first-order valence-electron chi connectivity index (χ1n) is 6.71. The third kappa shape index (κ3) is 4.39. The molecule has 0 unspecified atom stereocenters. The zero-order valence-electron chi connectivity index (χ0n) is 11.9. The predicted octanol–water partition coefficient (Wildman–Crippen LogP) is 2.70. The number of hydrogen-bond acceptors (Lipinski definition) is 3. The molecule has 132 valence electrons. The maximum Gasteiger partial charge on any atom is 0.416 e. The van der Waals surface area contributed by atoms with Gasteiger partial charge in [0.15, 0.2) is 0 Å². The summed E-state index contributed by atoms with van der Waals surface area (Å²) in [7, 11) is 0. The number of benzene rings is 1. The Kier molecular flexibility index (Phi) is 4.77. The number of ether oxygens (including phenoxy) is 1.